The molecule has 1 heterocycles. The summed E-state index contributed by atoms with van der Waals surface area (Å²) in [6, 6.07) is 15.7. The molecule has 11 heteroatoms. The second-order valence-electron chi connectivity index (χ2n) is 9.31. The number of aliphatic carboxylic acids is 1. The summed E-state index contributed by atoms with van der Waals surface area (Å²) in [5, 5.41) is 12.2. The van der Waals surface area contributed by atoms with Gasteiger partial charge in [0, 0.05) is 23.7 Å². The lowest BCUT2D eigenvalue weighted by molar-refractivity contribution is -0.137. The molecule has 0 radical (unpaired) electrons. The molecule has 0 amide bonds. The van der Waals surface area contributed by atoms with Gasteiger partial charge in [0.15, 0.2) is 11.6 Å². The van der Waals surface area contributed by atoms with Crippen LogP contribution in [0.25, 0.3) is 11.1 Å². The Bertz CT molecular complexity index is 1630. The Morgan fingerprint density at radius 3 is 2.29 bits per heavy atom. The number of rotatable bonds is 12. The van der Waals surface area contributed by atoms with Crippen molar-refractivity contribution in [3.8, 4) is 16.9 Å². The van der Waals surface area contributed by atoms with E-state index in [-0.39, 0.29) is 36.4 Å². The van der Waals surface area contributed by atoms with Crippen LogP contribution in [-0.4, -0.2) is 33.9 Å². The minimum atomic E-state index is -0.962. The summed E-state index contributed by atoms with van der Waals surface area (Å²) < 4.78 is 51.3. The van der Waals surface area contributed by atoms with Gasteiger partial charge in [-0.05, 0) is 36.7 Å². The van der Waals surface area contributed by atoms with Crippen molar-refractivity contribution in [1.29, 1.82) is 0 Å². The Kier molecular flexibility index (Phi) is 9.41. The van der Waals surface area contributed by atoms with Gasteiger partial charge in [0.1, 0.15) is 11.6 Å². The zero-order chi connectivity index (χ0) is 29.5. The average Bonchev–Trinajstić information content (AvgIpc) is 2.96. The highest BCUT2D eigenvalue weighted by Gasteiger charge is 2.22. The van der Waals surface area contributed by atoms with Crippen molar-refractivity contribution < 1.29 is 27.8 Å². The standard InChI is InChI=1S/C30H28F3N3O5/c1-41-26-13-5-10-20(28(26)33)21-16-35(17-22-23(31)11-6-12-24(22)32)30(40)36(29(21)39)18-25(19-8-3-2-4-9-19)34-15-7-14-27(37)38/h2-6,8-13,16,25,34H,7,14-15,17-18H2,1H3,(H,37,38)/t25-/m0/s1. The van der Waals surface area contributed by atoms with Crippen LogP contribution in [0.15, 0.2) is 82.5 Å². The molecule has 0 bridgehead atoms. The molecule has 1 aromatic heterocycles. The van der Waals surface area contributed by atoms with E-state index in [0.717, 1.165) is 27.5 Å². The topological polar surface area (TPSA) is 103 Å². The highest BCUT2D eigenvalue weighted by Crippen LogP contribution is 2.27. The highest BCUT2D eigenvalue weighted by atomic mass is 19.1. The van der Waals surface area contributed by atoms with Crippen LogP contribution in [0.3, 0.4) is 0 Å². The van der Waals surface area contributed by atoms with E-state index in [1.807, 2.05) is 0 Å². The van der Waals surface area contributed by atoms with Crippen LogP contribution in [0.1, 0.15) is 30.0 Å². The first kappa shape index (κ1) is 29.3. The van der Waals surface area contributed by atoms with E-state index in [0.29, 0.717) is 12.0 Å². The molecule has 1 atom stereocenters. The Morgan fingerprint density at radius 2 is 1.63 bits per heavy atom. The third-order valence-corrected chi connectivity index (χ3v) is 6.63. The van der Waals surface area contributed by atoms with Gasteiger partial charge in [-0.15, -0.1) is 0 Å². The molecule has 0 saturated heterocycles. The SMILES string of the molecule is COc1cccc(-c2cn(Cc3c(F)cccc3F)c(=O)n(C[C@H](NCCCC(=O)O)c3ccccc3)c2=O)c1F. The van der Waals surface area contributed by atoms with E-state index in [9.17, 15) is 23.2 Å². The van der Waals surface area contributed by atoms with E-state index >= 15 is 4.39 Å². The number of methoxy groups -OCH3 is 1. The number of carboxylic acid groups (broad SMARTS) is 1. The van der Waals surface area contributed by atoms with Gasteiger partial charge in [0.25, 0.3) is 5.56 Å². The molecule has 0 aliphatic carbocycles. The molecule has 41 heavy (non-hydrogen) atoms. The Hall–Kier alpha value is -4.64. The average molecular weight is 568 g/mol. The number of hydrogen-bond donors (Lipinski definition) is 2. The van der Waals surface area contributed by atoms with Gasteiger partial charge >= 0.3 is 11.7 Å². The van der Waals surface area contributed by atoms with Crippen LogP contribution in [0.4, 0.5) is 13.2 Å². The monoisotopic (exact) mass is 567 g/mol. The fourth-order valence-electron chi connectivity index (χ4n) is 4.51. The quantitative estimate of drug-likeness (QED) is 0.247. The van der Waals surface area contributed by atoms with Gasteiger partial charge in [-0.3, -0.25) is 18.7 Å². The maximum Gasteiger partial charge on any atom is 0.331 e. The summed E-state index contributed by atoms with van der Waals surface area (Å²) in [6.07, 6.45) is 1.29. The van der Waals surface area contributed by atoms with Crippen molar-refractivity contribution in [2.45, 2.75) is 32.0 Å². The number of ether oxygens (including phenoxy) is 1. The third-order valence-electron chi connectivity index (χ3n) is 6.63. The minimum absolute atomic E-state index is 0.0833. The van der Waals surface area contributed by atoms with Gasteiger partial charge in [-0.2, -0.15) is 0 Å². The van der Waals surface area contributed by atoms with E-state index in [1.165, 1.54) is 31.4 Å². The molecule has 0 spiro atoms. The normalized spacial score (nSPS) is 11.8. The minimum Gasteiger partial charge on any atom is -0.494 e. The molecule has 214 valence electrons. The molecule has 4 rings (SSSR count). The number of hydrogen-bond acceptors (Lipinski definition) is 5. The Labute approximate surface area is 233 Å². The smallest absolute Gasteiger partial charge is 0.331 e. The first-order valence-electron chi connectivity index (χ1n) is 12.8. The lowest BCUT2D eigenvalue weighted by Gasteiger charge is -2.22. The van der Waals surface area contributed by atoms with Crippen molar-refractivity contribution in [3.05, 3.63) is 122 Å². The largest absolute Gasteiger partial charge is 0.494 e. The maximum atomic E-state index is 15.3. The lowest BCUT2D eigenvalue weighted by atomic mass is 10.1. The van der Waals surface area contributed by atoms with Crippen molar-refractivity contribution in [2.75, 3.05) is 13.7 Å². The molecule has 3 aromatic carbocycles. The second-order valence-corrected chi connectivity index (χ2v) is 9.31. The van der Waals surface area contributed by atoms with E-state index in [2.05, 4.69) is 5.32 Å². The fraction of sp³-hybridized carbons (Fsp3) is 0.233. The van der Waals surface area contributed by atoms with Gasteiger partial charge < -0.3 is 15.2 Å². The number of carbonyl (C=O) groups is 1. The third kappa shape index (κ3) is 6.75. The van der Waals surface area contributed by atoms with Gasteiger partial charge in [0.2, 0.25) is 0 Å². The molecule has 8 nitrogen and oxygen atoms in total. The van der Waals surface area contributed by atoms with Crippen molar-refractivity contribution in [3.63, 3.8) is 0 Å². The van der Waals surface area contributed by atoms with E-state index in [4.69, 9.17) is 9.84 Å². The zero-order valence-corrected chi connectivity index (χ0v) is 22.1. The van der Waals surface area contributed by atoms with E-state index in [1.54, 1.807) is 30.3 Å². The van der Waals surface area contributed by atoms with Crippen molar-refractivity contribution in [2.24, 2.45) is 0 Å². The molecule has 0 aliphatic rings. The number of aromatic nitrogens is 2. The summed E-state index contributed by atoms with van der Waals surface area (Å²) in [5.41, 5.74) is -1.74. The Balaban J connectivity index is 1.86. The predicted octanol–water partition coefficient (Wildman–Crippen LogP) is 4.35. The van der Waals surface area contributed by atoms with Gasteiger partial charge in [-0.25, -0.2) is 18.0 Å². The maximum absolute atomic E-state index is 15.3. The number of nitrogens with zero attached hydrogens (tertiary/aromatic N) is 2. The molecular formula is C30H28F3N3O5. The summed E-state index contributed by atoms with van der Waals surface area (Å²) >= 11 is 0. The number of benzene rings is 3. The Morgan fingerprint density at radius 1 is 0.951 bits per heavy atom. The molecule has 0 fully saturated rings. The van der Waals surface area contributed by atoms with Crippen LogP contribution in [0.2, 0.25) is 0 Å². The van der Waals surface area contributed by atoms with Crippen LogP contribution < -0.4 is 21.3 Å². The van der Waals surface area contributed by atoms with Crippen LogP contribution in [-0.2, 0) is 17.9 Å². The van der Waals surface area contributed by atoms with Crippen molar-refractivity contribution in [1.82, 2.24) is 14.5 Å². The van der Waals surface area contributed by atoms with Gasteiger partial charge in [-0.1, -0.05) is 48.5 Å². The molecule has 0 unspecified atom stereocenters. The molecule has 0 aliphatic heterocycles. The van der Waals surface area contributed by atoms with Crippen LogP contribution >= 0.6 is 0 Å². The second kappa shape index (κ2) is 13.1. The predicted molar refractivity (Wildman–Crippen MR) is 146 cm³/mol. The molecule has 4 aromatic rings. The number of halogens is 3. The van der Waals surface area contributed by atoms with E-state index < -0.39 is 52.8 Å². The molecule has 0 saturated carbocycles. The zero-order valence-electron chi connectivity index (χ0n) is 22.1. The summed E-state index contributed by atoms with van der Waals surface area (Å²) in [4.78, 5) is 38.4. The lowest BCUT2D eigenvalue weighted by Crippen LogP contribution is -2.43. The summed E-state index contributed by atoms with van der Waals surface area (Å²) in [5.74, 6) is -3.70. The van der Waals surface area contributed by atoms with Crippen molar-refractivity contribution >= 4 is 5.97 Å². The van der Waals surface area contributed by atoms with Crippen LogP contribution in [0, 0.1) is 17.5 Å². The first-order valence-corrected chi connectivity index (χ1v) is 12.8. The number of carboxylic acids is 1. The summed E-state index contributed by atoms with van der Waals surface area (Å²) in [7, 11) is 1.27. The molecule has 2 N–H and O–H groups in total. The fourth-order valence-corrected chi connectivity index (χ4v) is 4.51. The highest BCUT2D eigenvalue weighted by molar-refractivity contribution is 5.66. The number of nitrogens with one attached hydrogen (secondary N) is 1. The van der Waals surface area contributed by atoms with Crippen LogP contribution in [0.5, 0.6) is 5.75 Å². The first-order chi connectivity index (χ1) is 19.7. The molecular weight excluding hydrogens is 539 g/mol. The summed E-state index contributed by atoms with van der Waals surface area (Å²) in [6.45, 7) is -0.522. The van der Waals surface area contributed by atoms with Gasteiger partial charge in [0.05, 0.1) is 31.8 Å².